The first-order valence-electron chi connectivity index (χ1n) is 7.14. The monoisotopic (exact) mass is 332 g/mol. The quantitative estimate of drug-likeness (QED) is 0.592. The summed E-state index contributed by atoms with van der Waals surface area (Å²) >= 11 is 0. The van der Waals surface area contributed by atoms with Crippen LogP contribution in [0.25, 0.3) is 10.9 Å². The summed E-state index contributed by atoms with van der Waals surface area (Å²) in [5.41, 5.74) is 1.58. The van der Waals surface area contributed by atoms with E-state index in [4.69, 9.17) is 0 Å². The molecule has 0 aliphatic carbocycles. The Kier molecular flexibility index (Phi) is 4.39. The molecule has 1 unspecified atom stereocenters. The number of carbonyl (C=O) groups excluding carboxylic acids is 1. The van der Waals surface area contributed by atoms with Crippen LogP contribution in [0.4, 0.5) is 19.3 Å². The van der Waals surface area contributed by atoms with Gasteiger partial charge in [0.05, 0.1) is 17.8 Å². The number of rotatable bonds is 4. The number of carbonyl (C=O) groups is 1. The van der Waals surface area contributed by atoms with Crippen LogP contribution in [-0.4, -0.2) is 27.9 Å². The molecule has 0 aliphatic rings. The number of aromatic nitrogens is 2. The second-order valence-electron chi connectivity index (χ2n) is 5.20. The number of fused-ring (bicyclic) bond motifs is 1. The number of nitrogens with one attached hydrogen (secondary N) is 3. The van der Waals surface area contributed by atoms with Gasteiger partial charge in [-0.2, -0.15) is 5.10 Å². The van der Waals surface area contributed by atoms with Gasteiger partial charge in [0.1, 0.15) is 0 Å². The summed E-state index contributed by atoms with van der Waals surface area (Å²) in [6.45, 7) is -0.148. The summed E-state index contributed by atoms with van der Waals surface area (Å²) in [6.07, 6.45) is 0.479. The van der Waals surface area contributed by atoms with Crippen molar-refractivity contribution in [3.63, 3.8) is 0 Å². The van der Waals surface area contributed by atoms with Gasteiger partial charge in [0.2, 0.25) is 0 Å². The first kappa shape index (κ1) is 15.9. The van der Waals surface area contributed by atoms with Crippen LogP contribution in [0.5, 0.6) is 0 Å². The van der Waals surface area contributed by atoms with Gasteiger partial charge in [0.25, 0.3) is 0 Å². The molecule has 0 saturated carbocycles. The molecular formula is C16H14F2N4O2. The number of H-pyrrole nitrogens is 1. The molecule has 2 amide bonds. The van der Waals surface area contributed by atoms with Crippen molar-refractivity contribution in [2.24, 2.45) is 0 Å². The van der Waals surface area contributed by atoms with Crippen LogP contribution in [-0.2, 0) is 0 Å². The molecule has 3 aromatic rings. The molecule has 6 nitrogen and oxygen atoms in total. The molecule has 1 aromatic heterocycles. The van der Waals surface area contributed by atoms with Crippen molar-refractivity contribution in [2.45, 2.75) is 6.10 Å². The molecule has 1 heterocycles. The Balaban J connectivity index is 1.57. The average Bonchev–Trinajstić information content (AvgIpc) is 3.03. The number of halogens is 2. The van der Waals surface area contributed by atoms with Crippen molar-refractivity contribution in [2.75, 3.05) is 11.9 Å². The molecule has 0 spiro atoms. The molecule has 8 heteroatoms. The van der Waals surface area contributed by atoms with Crippen LogP contribution in [0.15, 0.2) is 42.6 Å². The maximum atomic E-state index is 13.1. The van der Waals surface area contributed by atoms with Gasteiger partial charge in [-0.15, -0.1) is 0 Å². The van der Waals surface area contributed by atoms with E-state index in [9.17, 15) is 18.7 Å². The van der Waals surface area contributed by atoms with E-state index < -0.39 is 23.8 Å². The van der Waals surface area contributed by atoms with Gasteiger partial charge in [-0.3, -0.25) is 5.10 Å². The van der Waals surface area contributed by atoms with Crippen LogP contribution < -0.4 is 10.6 Å². The van der Waals surface area contributed by atoms with E-state index in [1.54, 1.807) is 24.4 Å². The number of urea groups is 1. The molecule has 0 fully saturated rings. The maximum Gasteiger partial charge on any atom is 0.319 e. The lowest BCUT2D eigenvalue weighted by atomic mass is 10.1. The lowest BCUT2D eigenvalue weighted by Gasteiger charge is -2.13. The highest BCUT2D eigenvalue weighted by atomic mass is 19.2. The van der Waals surface area contributed by atoms with Gasteiger partial charge >= 0.3 is 6.03 Å². The molecule has 0 bridgehead atoms. The van der Waals surface area contributed by atoms with E-state index in [2.05, 4.69) is 20.8 Å². The predicted molar refractivity (Wildman–Crippen MR) is 84.4 cm³/mol. The Bertz CT molecular complexity index is 881. The van der Waals surface area contributed by atoms with Gasteiger partial charge < -0.3 is 15.7 Å². The topological polar surface area (TPSA) is 90.0 Å². The fourth-order valence-electron chi connectivity index (χ4n) is 2.22. The lowest BCUT2D eigenvalue weighted by molar-refractivity contribution is 0.174. The Morgan fingerprint density at radius 1 is 1.21 bits per heavy atom. The van der Waals surface area contributed by atoms with Crippen molar-refractivity contribution < 1.29 is 18.7 Å². The van der Waals surface area contributed by atoms with Gasteiger partial charge in [0, 0.05) is 17.6 Å². The van der Waals surface area contributed by atoms with E-state index in [0.29, 0.717) is 5.69 Å². The van der Waals surface area contributed by atoms with E-state index in [-0.39, 0.29) is 12.1 Å². The zero-order chi connectivity index (χ0) is 17.1. The predicted octanol–water partition coefficient (Wildman–Crippen LogP) is 2.70. The number of hydrogen-bond donors (Lipinski definition) is 4. The minimum atomic E-state index is -1.15. The molecule has 0 aliphatic heterocycles. The summed E-state index contributed by atoms with van der Waals surface area (Å²) in [4.78, 5) is 11.9. The molecule has 2 aromatic carbocycles. The van der Waals surface area contributed by atoms with Crippen LogP contribution in [0.1, 0.15) is 11.7 Å². The smallest absolute Gasteiger partial charge is 0.319 e. The van der Waals surface area contributed by atoms with E-state index in [1.807, 2.05) is 0 Å². The second-order valence-corrected chi connectivity index (χ2v) is 5.20. The number of nitrogens with zero attached hydrogens (tertiary/aromatic N) is 1. The fraction of sp³-hybridized carbons (Fsp3) is 0.125. The van der Waals surface area contributed by atoms with Gasteiger partial charge in [0.15, 0.2) is 11.6 Å². The van der Waals surface area contributed by atoms with Crippen molar-refractivity contribution in [1.82, 2.24) is 15.5 Å². The average molecular weight is 332 g/mol. The summed E-state index contributed by atoms with van der Waals surface area (Å²) in [5, 5.41) is 22.5. The Labute approximate surface area is 135 Å². The molecule has 0 radical (unpaired) electrons. The van der Waals surface area contributed by atoms with Gasteiger partial charge in [-0.25, -0.2) is 13.6 Å². The zero-order valence-corrected chi connectivity index (χ0v) is 12.4. The van der Waals surface area contributed by atoms with Crippen molar-refractivity contribution in [3.8, 4) is 0 Å². The van der Waals surface area contributed by atoms with Crippen molar-refractivity contribution in [3.05, 3.63) is 59.8 Å². The highest BCUT2D eigenvalue weighted by Gasteiger charge is 2.12. The molecule has 4 N–H and O–H groups in total. The third kappa shape index (κ3) is 3.49. The Hall–Kier alpha value is -3.00. The van der Waals surface area contributed by atoms with Crippen molar-refractivity contribution >= 4 is 22.6 Å². The largest absolute Gasteiger partial charge is 0.387 e. The number of anilines is 1. The third-order valence-corrected chi connectivity index (χ3v) is 3.48. The molecule has 0 saturated heterocycles. The number of benzene rings is 2. The number of hydrogen-bond acceptors (Lipinski definition) is 3. The highest BCUT2D eigenvalue weighted by molar-refractivity contribution is 5.92. The molecule has 3 rings (SSSR count). The van der Waals surface area contributed by atoms with Crippen LogP contribution in [0.3, 0.4) is 0 Å². The number of aliphatic hydroxyl groups is 1. The van der Waals surface area contributed by atoms with Crippen LogP contribution >= 0.6 is 0 Å². The number of aliphatic hydroxyl groups excluding tert-OH is 1. The molecule has 1 atom stereocenters. The molecule has 24 heavy (non-hydrogen) atoms. The van der Waals surface area contributed by atoms with Gasteiger partial charge in [-0.1, -0.05) is 6.07 Å². The summed E-state index contributed by atoms with van der Waals surface area (Å²) in [6, 6.07) is 7.76. The standard InChI is InChI=1S/C16H14F2N4O2/c17-12-3-1-9(6-13(12)18)15(23)8-19-16(24)21-11-2-4-14-10(5-11)7-20-22-14/h1-7,15,23H,8H2,(H,20,22)(H2,19,21,24). The normalized spacial score (nSPS) is 12.1. The Morgan fingerprint density at radius 3 is 2.83 bits per heavy atom. The highest BCUT2D eigenvalue weighted by Crippen LogP contribution is 2.17. The minimum Gasteiger partial charge on any atom is -0.387 e. The first-order chi connectivity index (χ1) is 11.5. The minimum absolute atomic E-state index is 0.148. The lowest BCUT2D eigenvalue weighted by Crippen LogP contribution is -2.32. The fourth-order valence-corrected chi connectivity index (χ4v) is 2.22. The van der Waals surface area contributed by atoms with Gasteiger partial charge in [-0.05, 0) is 35.9 Å². The number of aromatic amines is 1. The van der Waals surface area contributed by atoms with Crippen LogP contribution in [0, 0.1) is 11.6 Å². The SMILES string of the molecule is O=C(NCC(O)c1ccc(F)c(F)c1)Nc1ccc2[nH]ncc2c1. The maximum absolute atomic E-state index is 13.1. The zero-order valence-electron chi connectivity index (χ0n) is 12.4. The second kappa shape index (κ2) is 6.63. The summed E-state index contributed by atoms with van der Waals surface area (Å²) in [7, 11) is 0. The van der Waals surface area contributed by atoms with E-state index in [1.165, 1.54) is 6.07 Å². The van der Waals surface area contributed by atoms with Crippen molar-refractivity contribution in [1.29, 1.82) is 0 Å². The van der Waals surface area contributed by atoms with E-state index >= 15 is 0 Å². The first-order valence-corrected chi connectivity index (χ1v) is 7.14. The number of amides is 2. The molecule has 124 valence electrons. The Morgan fingerprint density at radius 2 is 2.04 bits per heavy atom. The van der Waals surface area contributed by atoms with Crippen LogP contribution in [0.2, 0.25) is 0 Å². The summed E-state index contributed by atoms with van der Waals surface area (Å²) in [5.74, 6) is -2.05. The summed E-state index contributed by atoms with van der Waals surface area (Å²) < 4.78 is 26.0. The molecular weight excluding hydrogens is 318 g/mol. The third-order valence-electron chi connectivity index (χ3n) is 3.48. The van der Waals surface area contributed by atoms with E-state index in [0.717, 1.165) is 23.0 Å².